The number of alkyl halides is 3. The number of carbonyl (C=O) groups is 2. The van der Waals surface area contributed by atoms with Crippen LogP contribution in [0.3, 0.4) is 0 Å². The lowest BCUT2D eigenvalue weighted by atomic mass is 10.1. The predicted molar refractivity (Wildman–Crippen MR) is 97.1 cm³/mol. The number of hydrogen-bond donors (Lipinski definition) is 2. The molecule has 0 saturated carbocycles. The SMILES string of the molecule is CC(=O)CC(=O)CCCSc1nonc1C(=Nc1cccc(C(F)(F)F)c1)NO. The third-order valence-corrected chi connectivity index (χ3v) is 4.52. The van der Waals surface area contributed by atoms with Gasteiger partial charge < -0.3 is 0 Å². The minimum Gasteiger partial charge on any atom is -0.300 e. The molecule has 0 aliphatic carbocycles. The summed E-state index contributed by atoms with van der Waals surface area (Å²) in [5.74, 6) is -0.177. The molecular formula is C17H17F3N4O4S. The van der Waals surface area contributed by atoms with Gasteiger partial charge in [0, 0.05) is 12.2 Å². The van der Waals surface area contributed by atoms with Crippen LogP contribution in [0.1, 0.15) is 37.4 Å². The molecule has 0 aliphatic heterocycles. The van der Waals surface area contributed by atoms with Crippen molar-refractivity contribution in [1.82, 2.24) is 15.8 Å². The van der Waals surface area contributed by atoms with E-state index >= 15 is 0 Å². The van der Waals surface area contributed by atoms with Gasteiger partial charge in [-0.15, -0.1) is 11.8 Å². The van der Waals surface area contributed by atoms with Crippen molar-refractivity contribution in [3.8, 4) is 0 Å². The van der Waals surface area contributed by atoms with Crippen LogP contribution in [0.5, 0.6) is 0 Å². The summed E-state index contributed by atoms with van der Waals surface area (Å²) in [7, 11) is 0. The maximum atomic E-state index is 12.8. The van der Waals surface area contributed by atoms with Gasteiger partial charge in [0.05, 0.1) is 17.7 Å². The highest BCUT2D eigenvalue weighted by molar-refractivity contribution is 7.99. The van der Waals surface area contributed by atoms with Gasteiger partial charge in [-0.05, 0) is 41.9 Å². The number of hydroxylamine groups is 1. The zero-order valence-electron chi connectivity index (χ0n) is 15.2. The first-order chi connectivity index (χ1) is 13.7. The van der Waals surface area contributed by atoms with Gasteiger partial charge in [0.25, 0.3) is 0 Å². The number of halogens is 3. The monoisotopic (exact) mass is 430 g/mol. The van der Waals surface area contributed by atoms with E-state index in [9.17, 15) is 28.0 Å². The van der Waals surface area contributed by atoms with E-state index < -0.39 is 11.7 Å². The van der Waals surface area contributed by atoms with E-state index in [1.807, 2.05) is 0 Å². The van der Waals surface area contributed by atoms with Crippen molar-refractivity contribution in [1.29, 1.82) is 0 Å². The Balaban J connectivity index is 2.08. The number of Topliss-reactive ketones (excluding diaryl/α,β-unsaturated/α-hetero) is 2. The fraction of sp³-hybridized carbons (Fsp3) is 0.353. The average Bonchev–Trinajstić information content (AvgIpc) is 3.10. The number of amidine groups is 1. The maximum absolute atomic E-state index is 12.8. The van der Waals surface area contributed by atoms with Gasteiger partial charge in [-0.2, -0.15) is 13.2 Å². The Labute approximate surface area is 167 Å². The Bertz CT molecular complexity index is 899. The maximum Gasteiger partial charge on any atom is 0.416 e. The Morgan fingerprint density at radius 1 is 1.31 bits per heavy atom. The van der Waals surface area contributed by atoms with E-state index in [1.165, 1.54) is 19.1 Å². The Morgan fingerprint density at radius 3 is 2.72 bits per heavy atom. The largest absolute Gasteiger partial charge is 0.416 e. The number of hydrogen-bond acceptors (Lipinski definition) is 8. The number of rotatable bonds is 9. The number of thioether (sulfide) groups is 1. The second kappa shape index (κ2) is 10.2. The molecule has 0 saturated heterocycles. The summed E-state index contributed by atoms with van der Waals surface area (Å²) in [6.45, 7) is 1.34. The van der Waals surface area contributed by atoms with Crippen molar-refractivity contribution in [2.45, 2.75) is 37.4 Å². The predicted octanol–water partition coefficient (Wildman–Crippen LogP) is 3.57. The van der Waals surface area contributed by atoms with Crippen LogP contribution in [-0.2, 0) is 15.8 Å². The molecule has 2 aromatic rings. The Hall–Kier alpha value is -2.73. The molecule has 2 rings (SSSR count). The third-order valence-electron chi connectivity index (χ3n) is 3.49. The summed E-state index contributed by atoms with van der Waals surface area (Å²) < 4.78 is 43.1. The minimum atomic E-state index is -4.53. The molecule has 156 valence electrons. The Kier molecular flexibility index (Phi) is 7.91. The number of aliphatic imine (C=N–C) groups is 1. The lowest BCUT2D eigenvalue weighted by molar-refractivity contribution is -0.137. The van der Waals surface area contributed by atoms with E-state index in [-0.39, 0.29) is 46.7 Å². The van der Waals surface area contributed by atoms with E-state index in [4.69, 9.17) is 0 Å². The quantitative estimate of drug-likeness (QED) is 0.155. The fourth-order valence-electron chi connectivity index (χ4n) is 2.24. The van der Waals surface area contributed by atoms with E-state index in [1.54, 1.807) is 5.48 Å². The molecule has 12 heteroatoms. The van der Waals surface area contributed by atoms with Crippen molar-refractivity contribution < 1.29 is 32.6 Å². The van der Waals surface area contributed by atoms with Crippen molar-refractivity contribution in [2.75, 3.05) is 5.75 Å². The number of benzene rings is 1. The zero-order chi connectivity index (χ0) is 21.4. The van der Waals surface area contributed by atoms with Gasteiger partial charge in [0.2, 0.25) is 0 Å². The number of nitrogens with zero attached hydrogens (tertiary/aromatic N) is 3. The molecular weight excluding hydrogens is 413 g/mol. The number of aromatic nitrogens is 2. The lowest BCUT2D eigenvalue weighted by Gasteiger charge is -2.07. The molecule has 0 amide bonds. The zero-order valence-corrected chi connectivity index (χ0v) is 16.0. The van der Waals surface area contributed by atoms with Crippen LogP contribution >= 0.6 is 11.8 Å². The molecule has 1 heterocycles. The minimum absolute atomic E-state index is 0.00461. The molecule has 0 fully saturated rings. The summed E-state index contributed by atoms with van der Waals surface area (Å²) in [5, 5.41) is 16.9. The van der Waals surface area contributed by atoms with Gasteiger partial charge in [0.1, 0.15) is 11.6 Å². The topological polar surface area (TPSA) is 118 Å². The van der Waals surface area contributed by atoms with Crippen LogP contribution < -0.4 is 5.48 Å². The summed E-state index contributed by atoms with van der Waals surface area (Å²) in [6, 6.07) is 4.23. The summed E-state index contributed by atoms with van der Waals surface area (Å²) >= 11 is 1.16. The summed E-state index contributed by atoms with van der Waals surface area (Å²) in [4.78, 5) is 26.3. The smallest absolute Gasteiger partial charge is 0.300 e. The van der Waals surface area contributed by atoms with Crippen LogP contribution in [-0.4, -0.2) is 38.7 Å². The summed E-state index contributed by atoms with van der Waals surface area (Å²) in [6.07, 6.45) is -3.95. The molecule has 29 heavy (non-hydrogen) atoms. The number of carbonyl (C=O) groups excluding carboxylic acids is 2. The molecule has 0 bridgehead atoms. The average molecular weight is 430 g/mol. The van der Waals surface area contributed by atoms with Crippen molar-refractivity contribution in [3.63, 3.8) is 0 Å². The first-order valence-corrected chi connectivity index (χ1v) is 9.32. The second-order valence-corrected chi connectivity index (χ2v) is 6.99. The van der Waals surface area contributed by atoms with Gasteiger partial charge in [-0.1, -0.05) is 6.07 Å². The molecule has 1 aromatic heterocycles. The van der Waals surface area contributed by atoms with Gasteiger partial charge in [0.15, 0.2) is 16.6 Å². The van der Waals surface area contributed by atoms with Gasteiger partial charge >= 0.3 is 6.18 Å². The van der Waals surface area contributed by atoms with E-state index in [2.05, 4.69) is 19.9 Å². The highest BCUT2D eigenvalue weighted by atomic mass is 32.2. The van der Waals surface area contributed by atoms with Crippen LogP contribution in [0.15, 0.2) is 38.9 Å². The van der Waals surface area contributed by atoms with Crippen LogP contribution in [0, 0.1) is 0 Å². The highest BCUT2D eigenvalue weighted by Gasteiger charge is 2.30. The molecule has 2 N–H and O–H groups in total. The lowest BCUT2D eigenvalue weighted by Crippen LogP contribution is -2.21. The summed E-state index contributed by atoms with van der Waals surface area (Å²) in [5.41, 5.74) is 0.833. The molecule has 0 atom stereocenters. The normalized spacial score (nSPS) is 12.1. The van der Waals surface area contributed by atoms with E-state index in [0.717, 1.165) is 23.9 Å². The third kappa shape index (κ3) is 6.98. The van der Waals surface area contributed by atoms with Crippen molar-refractivity contribution in [3.05, 3.63) is 35.5 Å². The fourth-order valence-corrected chi connectivity index (χ4v) is 3.07. The molecule has 0 radical (unpaired) electrons. The molecule has 0 spiro atoms. The number of ketones is 2. The van der Waals surface area contributed by atoms with Crippen LogP contribution in [0.4, 0.5) is 18.9 Å². The van der Waals surface area contributed by atoms with Crippen molar-refractivity contribution in [2.24, 2.45) is 4.99 Å². The Morgan fingerprint density at radius 2 is 2.07 bits per heavy atom. The van der Waals surface area contributed by atoms with Gasteiger partial charge in [-0.3, -0.25) is 20.3 Å². The van der Waals surface area contributed by atoms with Crippen LogP contribution in [0.25, 0.3) is 0 Å². The second-order valence-electron chi connectivity index (χ2n) is 5.91. The number of nitrogens with one attached hydrogen (secondary N) is 1. The van der Waals surface area contributed by atoms with Crippen LogP contribution in [0.2, 0.25) is 0 Å². The van der Waals surface area contributed by atoms with Crippen molar-refractivity contribution >= 4 is 34.9 Å². The molecule has 1 aromatic carbocycles. The van der Waals surface area contributed by atoms with Gasteiger partial charge in [-0.25, -0.2) is 9.62 Å². The molecule has 0 unspecified atom stereocenters. The molecule has 8 nitrogen and oxygen atoms in total. The first-order valence-electron chi connectivity index (χ1n) is 8.33. The van der Waals surface area contributed by atoms with E-state index in [0.29, 0.717) is 12.2 Å². The first kappa shape index (κ1) is 22.6. The molecule has 0 aliphatic rings. The highest BCUT2D eigenvalue weighted by Crippen LogP contribution is 2.31. The standard InChI is InChI=1S/C17H17F3N4O4S/c1-10(25)8-13(26)6-3-7-29-16-14(23-28-24-16)15(22-27)21-12-5-2-4-11(9-12)17(18,19)20/h2,4-5,9,27H,3,6-8H2,1H3,(H,21,22).